The normalized spacial score (nSPS) is 11.1. The Kier molecular flexibility index (Phi) is 5.82. The van der Waals surface area contributed by atoms with Gasteiger partial charge in [0, 0.05) is 5.56 Å². The number of para-hydroxylation sites is 1. The Hall–Kier alpha value is -2.67. The molecule has 0 saturated carbocycles. The second-order valence-corrected chi connectivity index (χ2v) is 7.93. The maximum Gasteiger partial charge on any atom is 0.340 e. The number of methoxy groups -OCH3 is 1. The summed E-state index contributed by atoms with van der Waals surface area (Å²) in [5, 5.41) is 0. The van der Waals surface area contributed by atoms with Gasteiger partial charge in [-0.3, -0.25) is 9.10 Å². The number of nitrogens with zero attached hydrogens (tertiary/aromatic N) is 1. The van der Waals surface area contributed by atoms with Crippen LogP contribution in [0.25, 0.3) is 0 Å². The largest absolute Gasteiger partial charge is 0.465 e. The topological polar surface area (TPSA) is 80.8 Å². The number of carbonyl (C=O) groups excluding carboxylic acids is 2. The second kappa shape index (κ2) is 7.70. The highest BCUT2D eigenvalue weighted by atomic mass is 32.2. The van der Waals surface area contributed by atoms with Crippen LogP contribution in [0, 0.1) is 13.8 Å². The summed E-state index contributed by atoms with van der Waals surface area (Å²) in [6, 6.07) is 11.5. The van der Waals surface area contributed by atoms with Crippen molar-refractivity contribution in [2.45, 2.75) is 13.8 Å². The van der Waals surface area contributed by atoms with Crippen molar-refractivity contribution in [3.63, 3.8) is 0 Å². The standard InChI is InChI=1S/C19H21NO5S/c1-13-9-10-15(14(2)11-13)18(21)12-20(26(4,23)24)17-8-6-5-7-16(17)19(22)25-3/h5-11H,12H2,1-4H3. The quantitative estimate of drug-likeness (QED) is 0.573. The van der Waals surface area contributed by atoms with Crippen molar-refractivity contribution in [1.82, 2.24) is 0 Å². The van der Waals surface area contributed by atoms with E-state index in [4.69, 9.17) is 4.74 Å². The molecule has 0 N–H and O–H groups in total. The van der Waals surface area contributed by atoms with E-state index in [0.717, 1.165) is 21.7 Å². The van der Waals surface area contributed by atoms with Crippen molar-refractivity contribution < 1.29 is 22.7 Å². The van der Waals surface area contributed by atoms with E-state index >= 15 is 0 Å². The van der Waals surface area contributed by atoms with Crippen LogP contribution in [0.4, 0.5) is 5.69 Å². The highest BCUT2D eigenvalue weighted by Gasteiger charge is 2.26. The van der Waals surface area contributed by atoms with Crippen LogP contribution in [0.3, 0.4) is 0 Å². The van der Waals surface area contributed by atoms with Crippen molar-refractivity contribution >= 4 is 27.5 Å². The molecule has 0 heterocycles. The van der Waals surface area contributed by atoms with E-state index in [-0.39, 0.29) is 17.0 Å². The Morgan fingerprint density at radius 2 is 1.69 bits per heavy atom. The molecule has 0 unspecified atom stereocenters. The van der Waals surface area contributed by atoms with E-state index < -0.39 is 22.5 Å². The number of carbonyl (C=O) groups is 2. The fourth-order valence-electron chi connectivity index (χ4n) is 2.70. The molecule has 26 heavy (non-hydrogen) atoms. The van der Waals surface area contributed by atoms with E-state index in [1.807, 2.05) is 13.0 Å². The number of Topliss-reactive ketones (excluding diaryl/α,β-unsaturated/α-hetero) is 1. The Morgan fingerprint density at radius 1 is 1.04 bits per heavy atom. The maximum absolute atomic E-state index is 12.7. The molecule has 0 aromatic heterocycles. The first-order valence-electron chi connectivity index (χ1n) is 7.90. The molecule has 0 atom stereocenters. The summed E-state index contributed by atoms with van der Waals surface area (Å²) < 4.78 is 30.3. The summed E-state index contributed by atoms with van der Waals surface area (Å²) in [6.07, 6.45) is 0.996. The lowest BCUT2D eigenvalue weighted by atomic mass is 10.0. The van der Waals surface area contributed by atoms with E-state index in [1.165, 1.54) is 19.2 Å². The molecule has 0 radical (unpaired) electrons. The van der Waals surface area contributed by atoms with Crippen molar-refractivity contribution in [3.8, 4) is 0 Å². The third-order valence-electron chi connectivity index (χ3n) is 3.95. The van der Waals surface area contributed by atoms with Crippen LogP contribution >= 0.6 is 0 Å². The first kappa shape index (κ1) is 19.7. The number of anilines is 1. The van der Waals surface area contributed by atoms with Crippen molar-refractivity contribution in [3.05, 3.63) is 64.7 Å². The number of hydrogen-bond donors (Lipinski definition) is 0. The first-order chi connectivity index (χ1) is 12.1. The van der Waals surface area contributed by atoms with E-state index in [1.54, 1.807) is 31.2 Å². The van der Waals surface area contributed by atoms with Crippen LogP contribution in [0.15, 0.2) is 42.5 Å². The fraction of sp³-hybridized carbons (Fsp3) is 0.263. The summed E-state index contributed by atoms with van der Waals surface area (Å²) in [5.74, 6) is -1.03. The van der Waals surface area contributed by atoms with Gasteiger partial charge in [0.15, 0.2) is 5.78 Å². The van der Waals surface area contributed by atoms with Crippen LogP contribution in [0.5, 0.6) is 0 Å². The van der Waals surface area contributed by atoms with Crippen LogP contribution in [-0.2, 0) is 14.8 Å². The average molecular weight is 375 g/mol. The lowest BCUT2D eigenvalue weighted by Crippen LogP contribution is -2.36. The number of sulfonamides is 1. The van der Waals surface area contributed by atoms with E-state index in [0.29, 0.717) is 5.56 Å². The molecular weight excluding hydrogens is 354 g/mol. The molecular formula is C19H21NO5S. The van der Waals surface area contributed by atoms with Gasteiger partial charge in [-0.2, -0.15) is 0 Å². The number of ether oxygens (including phenoxy) is 1. The van der Waals surface area contributed by atoms with Gasteiger partial charge in [0.25, 0.3) is 0 Å². The Morgan fingerprint density at radius 3 is 2.27 bits per heavy atom. The minimum absolute atomic E-state index is 0.0776. The van der Waals surface area contributed by atoms with E-state index in [9.17, 15) is 18.0 Å². The number of rotatable bonds is 6. The van der Waals surface area contributed by atoms with Gasteiger partial charge in [0.05, 0.1) is 31.2 Å². The van der Waals surface area contributed by atoms with Crippen LogP contribution in [0.2, 0.25) is 0 Å². The molecule has 6 nitrogen and oxygen atoms in total. The Labute approximate surface area is 153 Å². The zero-order valence-electron chi connectivity index (χ0n) is 15.1. The van der Waals surface area contributed by atoms with Gasteiger partial charge < -0.3 is 4.74 Å². The number of aryl methyl sites for hydroxylation is 2. The van der Waals surface area contributed by atoms with Crippen molar-refractivity contribution in [2.24, 2.45) is 0 Å². The molecule has 0 bridgehead atoms. The number of hydrogen-bond acceptors (Lipinski definition) is 5. The zero-order chi connectivity index (χ0) is 19.5. The first-order valence-corrected chi connectivity index (χ1v) is 9.75. The number of esters is 1. The minimum atomic E-state index is -3.80. The van der Waals surface area contributed by atoms with Crippen molar-refractivity contribution in [2.75, 3.05) is 24.2 Å². The smallest absolute Gasteiger partial charge is 0.340 e. The third-order valence-corrected chi connectivity index (χ3v) is 5.07. The SMILES string of the molecule is COC(=O)c1ccccc1N(CC(=O)c1ccc(C)cc1C)S(C)(=O)=O. The number of benzene rings is 2. The lowest BCUT2D eigenvalue weighted by molar-refractivity contribution is 0.0601. The molecule has 0 fully saturated rings. The molecule has 2 rings (SSSR count). The predicted octanol–water partition coefficient (Wildman–Crippen LogP) is 2.74. The average Bonchev–Trinajstić information content (AvgIpc) is 2.57. The van der Waals surface area contributed by atoms with Gasteiger partial charge >= 0.3 is 5.97 Å². The van der Waals surface area contributed by atoms with Crippen LogP contribution in [0.1, 0.15) is 31.8 Å². The van der Waals surface area contributed by atoms with Gasteiger partial charge in [-0.15, -0.1) is 0 Å². The van der Waals surface area contributed by atoms with E-state index in [2.05, 4.69) is 0 Å². The molecule has 0 aliphatic rings. The lowest BCUT2D eigenvalue weighted by Gasteiger charge is -2.24. The van der Waals surface area contributed by atoms with Gasteiger partial charge in [-0.1, -0.05) is 35.9 Å². The van der Waals surface area contributed by atoms with Crippen LogP contribution < -0.4 is 4.31 Å². The van der Waals surface area contributed by atoms with Gasteiger partial charge in [-0.25, -0.2) is 13.2 Å². The Balaban J connectivity index is 2.48. The van der Waals surface area contributed by atoms with Gasteiger partial charge in [-0.05, 0) is 31.5 Å². The predicted molar refractivity (Wildman–Crippen MR) is 100 cm³/mol. The third kappa shape index (κ3) is 4.29. The molecule has 0 saturated heterocycles. The van der Waals surface area contributed by atoms with Crippen molar-refractivity contribution in [1.29, 1.82) is 0 Å². The summed E-state index contributed by atoms with van der Waals surface area (Å²) in [5.41, 5.74) is 2.41. The molecule has 0 amide bonds. The highest BCUT2D eigenvalue weighted by Crippen LogP contribution is 2.24. The molecule has 138 valence electrons. The minimum Gasteiger partial charge on any atom is -0.465 e. The summed E-state index contributed by atoms with van der Waals surface area (Å²) in [4.78, 5) is 24.7. The molecule has 0 aliphatic heterocycles. The summed E-state index contributed by atoms with van der Waals surface area (Å²) >= 11 is 0. The number of ketones is 1. The van der Waals surface area contributed by atoms with Crippen LogP contribution in [-0.4, -0.2) is 40.1 Å². The molecule has 7 heteroatoms. The summed E-state index contributed by atoms with van der Waals surface area (Å²) in [7, 11) is -2.59. The monoisotopic (exact) mass is 375 g/mol. The molecule has 0 spiro atoms. The maximum atomic E-state index is 12.7. The molecule has 2 aromatic rings. The van der Waals surface area contributed by atoms with Gasteiger partial charge in [0.2, 0.25) is 10.0 Å². The highest BCUT2D eigenvalue weighted by molar-refractivity contribution is 7.92. The Bertz CT molecular complexity index is 950. The summed E-state index contributed by atoms with van der Waals surface area (Å²) in [6.45, 7) is 3.31. The fourth-order valence-corrected chi connectivity index (χ4v) is 3.57. The van der Waals surface area contributed by atoms with Gasteiger partial charge in [0.1, 0.15) is 0 Å². The molecule has 0 aliphatic carbocycles. The second-order valence-electron chi connectivity index (χ2n) is 6.02. The molecule has 2 aromatic carbocycles. The zero-order valence-corrected chi connectivity index (χ0v) is 16.0.